The van der Waals surface area contributed by atoms with Crippen LogP contribution in [0.25, 0.3) is 11.4 Å². The Labute approximate surface area is 201 Å². The van der Waals surface area contributed by atoms with Crippen LogP contribution in [0, 0.1) is 12.3 Å². The molecule has 2 atom stereocenters. The summed E-state index contributed by atoms with van der Waals surface area (Å²) in [6.45, 7) is 5.11. The average molecular weight is 488 g/mol. The molecule has 1 spiro atoms. The second-order valence-corrected chi connectivity index (χ2v) is 10.5. The third-order valence-corrected chi connectivity index (χ3v) is 8.33. The maximum absolute atomic E-state index is 12.8. The van der Waals surface area contributed by atoms with Gasteiger partial charge in [-0.1, -0.05) is 23.9 Å². The average Bonchev–Trinajstić information content (AvgIpc) is 3.16. The van der Waals surface area contributed by atoms with E-state index in [9.17, 15) is 13.2 Å². The van der Waals surface area contributed by atoms with Gasteiger partial charge in [-0.25, -0.2) is 0 Å². The summed E-state index contributed by atoms with van der Waals surface area (Å²) in [5, 5.41) is 9.63. The van der Waals surface area contributed by atoms with E-state index in [0.29, 0.717) is 5.92 Å². The minimum absolute atomic E-state index is 0.257. The van der Waals surface area contributed by atoms with Crippen molar-refractivity contribution in [3.63, 3.8) is 0 Å². The molecule has 0 amide bonds. The molecule has 3 heterocycles. The fourth-order valence-electron chi connectivity index (χ4n) is 5.20. The molecule has 2 aromatic heterocycles. The van der Waals surface area contributed by atoms with Crippen molar-refractivity contribution in [2.45, 2.75) is 43.4 Å². The quantitative estimate of drug-likeness (QED) is 0.322. The first-order valence-electron chi connectivity index (χ1n) is 11.6. The number of aryl methyl sites for hydroxylation is 1. The van der Waals surface area contributed by atoms with E-state index < -0.39 is 11.7 Å². The van der Waals surface area contributed by atoms with E-state index in [1.165, 1.54) is 12.1 Å². The van der Waals surface area contributed by atoms with Crippen LogP contribution in [0.15, 0.2) is 47.8 Å². The van der Waals surface area contributed by atoms with Gasteiger partial charge in [0.25, 0.3) is 0 Å². The van der Waals surface area contributed by atoms with Crippen LogP contribution in [0.4, 0.5) is 13.2 Å². The molecule has 0 bridgehead atoms. The Hall–Kier alpha value is -2.39. The lowest BCUT2D eigenvalue weighted by Crippen LogP contribution is -2.23. The van der Waals surface area contributed by atoms with Crippen LogP contribution in [0.3, 0.4) is 0 Å². The first kappa shape index (κ1) is 23.4. The summed E-state index contributed by atoms with van der Waals surface area (Å²) in [6.07, 6.45) is 0.773. The molecule has 2 fully saturated rings. The SMILES string of the molecule is Cc1ncccc1-c1nnc(SCCCN2CCC3(C[C@@H]3c3ccc(C(F)(F)F)cc3)C2)n1C. The minimum atomic E-state index is -4.27. The normalized spacial score (nSPS) is 22.6. The minimum Gasteiger partial charge on any atom is -0.305 e. The van der Waals surface area contributed by atoms with Gasteiger partial charge in [-0.3, -0.25) is 4.98 Å². The summed E-state index contributed by atoms with van der Waals surface area (Å²) in [6, 6.07) is 9.71. The van der Waals surface area contributed by atoms with Gasteiger partial charge in [0.15, 0.2) is 11.0 Å². The van der Waals surface area contributed by atoms with Gasteiger partial charge in [0, 0.05) is 36.8 Å². The van der Waals surface area contributed by atoms with Crippen LogP contribution in [-0.4, -0.2) is 50.0 Å². The standard InChI is InChI=1S/C25H28F3N5S/c1-17-20(5-3-11-29-17)22-30-31-23(32(22)2)34-14-4-12-33-13-10-24(16-33)15-21(24)18-6-8-19(9-7-18)25(26,27)28/h3,5-9,11,21H,4,10,12-16H2,1-2H3/t21-,24?/m1/s1. The predicted molar refractivity (Wildman–Crippen MR) is 127 cm³/mol. The van der Waals surface area contributed by atoms with Crippen LogP contribution in [0.5, 0.6) is 0 Å². The molecule has 0 N–H and O–H groups in total. The van der Waals surface area contributed by atoms with Crippen molar-refractivity contribution >= 4 is 11.8 Å². The Morgan fingerprint density at radius 3 is 2.68 bits per heavy atom. The van der Waals surface area contributed by atoms with Crippen LogP contribution in [0.2, 0.25) is 0 Å². The molecule has 5 rings (SSSR count). The van der Waals surface area contributed by atoms with E-state index in [2.05, 4.69) is 20.1 Å². The van der Waals surface area contributed by atoms with Crippen molar-refractivity contribution in [3.05, 3.63) is 59.4 Å². The van der Waals surface area contributed by atoms with Gasteiger partial charge < -0.3 is 9.47 Å². The van der Waals surface area contributed by atoms with Crippen LogP contribution in [0.1, 0.15) is 42.0 Å². The highest BCUT2D eigenvalue weighted by atomic mass is 32.2. The summed E-state index contributed by atoms with van der Waals surface area (Å²) in [5.74, 6) is 2.18. The maximum atomic E-state index is 12.8. The number of hydrogen-bond donors (Lipinski definition) is 0. The lowest BCUT2D eigenvalue weighted by molar-refractivity contribution is -0.137. The summed E-state index contributed by atoms with van der Waals surface area (Å²) in [7, 11) is 1.99. The number of aromatic nitrogens is 4. The summed E-state index contributed by atoms with van der Waals surface area (Å²) < 4.78 is 40.5. The van der Waals surface area contributed by atoms with E-state index in [1.54, 1.807) is 30.1 Å². The lowest BCUT2D eigenvalue weighted by Gasteiger charge is -2.16. The lowest BCUT2D eigenvalue weighted by atomic mass is 9.97. The highest BCUT2D eigenvalue weighted by molar-refractivity contribution is 7.99. The topological polar surface area (TPSA) is 46.8 Å². The number of likely N-dealkylation sites (tertiary alicyclic amines) is 1. The molecule has 34 heavy (non-hydrogen) atoms. The van der Waals surface area contributed by atoms with Gasteiger partial charge in [0.2, 0.25) is 0 Å². The largest absolute Gasteiger partial charge is 0.416 e. The number of pyridine rings is 1. The number of thioether (sulfide) groups is 1. The van der Waals surface area contributed by atoms with E-state index >= 15 is 0 Å². The van der Waals surface area contributed by atoms with Crippen LogP contribution >= 0.6 is 11.8 Å². The Morgan fingerprint density at radius 2 is 1.94 bits per heavy atom. The molecule has 2 aliphatic rings. The molecule has 0 radical (unpaired) electrons. The zero-order valence-corrected chi connectivity index (χ0v) is 20.2. The van der Waals surface area contributed by atoms with Gasteiger partial charge in [-0.05, 0) is 80.4 Å². The first-order chi connectivity index (χ1) is 16.3. The molecule has 1 unspecified atom stereocenters. The van der Waals surface area contributed by atoms with Gasteiger partial charge in [0.1, 0.15) is 0 Å². The first-order valence-corrected chi connectivity index (χ1v) is 12.6. The Kier molecular flexibility index (Phi) is 6.18. The fraction of sp³-hybridized carbons (Fsp3) is 0.480. The maximum Gasteiger partial charge on any atom is 0.416 e. The molecule has 9 heteroatoms. The van der Waals surface area contributed by atoms with Gasteiger partial charge in [0.05, 0.1) is 5.56 Å². The van der Waals surface area contributed by atoms with Crippen molar-refractivity contribution in [3.8, 4) is 11.4 Å². The zero-order chi connectivity index (χ0) is 23.9. The number of rotatable bonds is 7. The second-order valence-electron chi connectivity index (χ2n) is 9.47. The second kappa shape index (κ2) is 9.00. The smallest absolute Gasteiger partial charge is 0.305 e. The number of nitrogens with zero attached hydrogens (tertiary/aromatic N) is 5. The number of benzene rings is 1. The zero-order valence-electron chi connectivity index (χ0n) is 19.3. The monoisotopic (exact) mass is 487 g/mol. The van der Waals surface area contributed by atoms with Crippen molar-refractivity contribution in [2.75, 3.05) is 25.4 Å². The molecule has 180 valence electrons. The Morgan fingerprint density at radius 1 is 1.15 bits per heavy atom. The molecule has 3 aromatic rings. The number of halogens is 3. The van der Waals surface area contributed by atoms with Gasteiger partial charge in [-0.15, -0.1) is 10.2 Å². The van der Waals surface area contributed by atoms with Gasteiger partial charge >= 0.3 is 6.18 Å². The highest BCUT2D eigenvalue weighted by Gasteiger charge is 2.57. The van der Waals surface area contributed by atoms with Crippen molar-refractivity contribution in [1.29, 1.82) is 0 Å². The third kappa shape index (κ3) is 4.60. The molecule has 1 aromatic carbocycles. The molecule has 5 nitrogen and oxygen atoms in total. The van der Waals surface area contributed by atoms with Crippen LogP contribution < -0.4 is 0 Å². The van der Waals surface area contributed by atoms with E-state index in [4.69, 9.17) is 0 Å². The molecule has 1 aliphatic carbocycles. The third-order valence-electron chi connectivity index (χ3n) is 7.23. The van der Waals surface area contributed by atoms with Crippen molar-refractivity contribution in [1.82, 2.24) is 24.6 Å². The number of alkyl halides is 3. The Balaban J connectivity index is 1.09. The van der Waals surface area contributed by atoms with E-state index in [0.717, 1.165) is 72.5 Å². The summed E-state index contributed by atoms with van der Waals surface area (Å²) >= 11 is 1.72. The molecule has 1 aliphatic heterocycles. The van der Waals surface area contributed by atoms with E-state index in [1.807, 2.05) is 30.7 Å². The summed E-state index contributed by atoms with van der Waals surface area (Å²) in [5.41, 5.74) is 2.67. The highest BCUT2D eigenvalue weighted by Crippen LogP contribution is 2.64. The van der Waals surface area contributed by atoms with Crippen LogP contribution in [-0.2, 0) is 13.2 Å². The van der Waals surface area contributed by atoms with Crippen molar-refractivity contribution in [2.24, 2.45) is 12.5 Å². The molecule has 1 saturated heterocycles. The number of hydrogen-bond acceptors (Lipinski definition) is 5. The molecular weight excluding hydrogens is 459 g/mol. The summed E-state index contributed by atoms with van der Waals surface area (Å²) in [4.78, 5) is 6.85. The Bertz CT molecular complexity index is 1160. The fourth-order valence-corrected chi connectivity index (χ4v) is 6.03. The molecular formula is C25H28F3N5S. The van der Waals surface area contributed by atoms with E-state index in [-0.39, 0.29) is 5.41 Å². The van der Waals surface area contributed by atoms with Crippen molar-refractivity contribution < 1.29 is 13.2 Å². The van der Waals surface area contributed by atoms with Gasteiger partial charge in [-0.2, -0.15) is 13.2 Å². The molecule has 1 saturated carbocycles. The predicted octanol–water partition coefficient (Wildman–Crippen LogP) is 5.57.